The zero-order valence-corrected chi connectivity index (χ0v) is 14.7. The van der Waals surface area contributed by atoms with Gasteiger partial charge in [-0.3, -0.25) is 14.9 Å². The van der Waals surface area contributed by atoms with Crippen molar-refractivity contribution in [1.29, 1.82) is 0 Å². The van der Waals surface area contributed by atoms with Crippen LogP contribution in [-0.4, -0.2) is 28.0 Å². The van der Waals surface area contributed by atoms with Gasteiger partial charge in [-0.05, 0) is 17.7 Å². The Morgan fingerprint density at radius 1 is 1.33 bits per heavy atom. The van der Waals surface area contributed by atoms with Gasteiger partial charge in [0.2, 0.25) is 5.91 Å². The molecule has 1 aromatic carbocycles. The van der Waals surface area contributed by atoms with E-state index in [1.54, 1.807) is 16.4 Å². The standard InChI is InChI=1S/C16H18ClN5OS/c1-22-16-12(7-19-22)15(24-8-13(23)20-16)11-6-18-21-14(11)9-2-4-10(17)5-3-9/h2-5,7,11,14-15,18,21H,6,8H2,1H3,(H,20,23). The Labute approximate surface area is 149 Å². The number of thioether (sulfide) groups is 1. The lowest BCUT2D eigenvalue weighted by atomic mass is 9.89. The number of halogens is 1. The highest BCUT2D eigenvalue weighted by Gasteiger charge is 2.39. The molecule has 4 rings (SSSR count). The zero-order valence-electron chi connectivity index (χ0n) is 13.1. The topological polar surface area (TPSA) is 71.0 Å². The number of benzene rings is 1. The number of nitrogens with one attached hydrogen (secondary N) is 3. The van der Waals surface area contributed by atoms with Crippen LogP contribution in [0.25, 0.3) is 0 Å². The molecule has 6 nitrogen and oxygen atoms in total. The van der Waals surface area contributed by atoms with Crippen LogP contribution in [0.5, 0.6) is 0 Å². The molecule has 2 aromatic rings. The summed E-state index contributed by atoms with van der Waals surface area (Å²) in [5.41, 5.74) is 8.91. The molecule has 3 N–H and O–H groups in total. The second-order valence-electron chi connectivity index (χ2n) is 6.07. The number of aryl methyl sites for hydroxylation is 1. The van der Waals surface area contributed by atoms with Crippen LogP contribution in [0.1, 0.15) is 22.4 Å². The van der Waals surface area contributed by atoms with E-state index in [0.29, 0.717) is 11.7 Å². The smallest absolute Gasteiger partial charge is 0.235 e. The number of carbonyl (C=O) groups is 1. The minimum atomic E-state index is 0.0225. The van der Waals surface area contributed by atoms with Gasteiger partial charge in [-0.1, -0.05) is 23.7 Å². The zero-order chi connectivity index (χ0) is 16.7. The molecule has 3 unspecified atom stereocenters. The largest absolute Gasteiger partial charge is 0.310 e. The molecule has 3 heterocycles. The van der Waals surface area contributed by atoms with Crippen molar-refractivity contribution in [3.63, 3.8) is 0 Å². The lowest BCUT2D eigenvalue weighted by Gasteiger charge is -2.26. The molecule has 1 fully saturated rings. The van der Waals surface area contributed by atoms with Crippen LogP contribution in [0, 0.1) is 5.92 Å². The lowest BCUT2D eigenvalue weighted by Crippen LogP contribution is -2.25. The first-order valence-corrected chi connectivity index (χ1v) is 9.23. The van der Waals surface area contributed by atoms with Crippen molar-refractivity contribution in [3.05, 3.63) is 46.6 Å². The van der Waals surface area contributed by atoms with Gasteiger partial charge in [0.1, 0.15) is 5.82 Å². The van der Waals surface area contributed by atoms with Gasteiger partial charge in [-0.2, -0.15) is 5.10 Å². The summed E-state index contributed by atoms with van der Waals surface area (Å²) < 4.78 is 1.74. The van der Waals surface area contributed by atoms with E-state index in [1.807, 2.05) is 25.4 Å². The van der Waals surface area contributed by atoms with Gasteiger partial charge in [-0.15, -0.1) is 11.8 Å². The van der Waals surface area contributed by atoms with Gasteiger partial charge in [0.15, 0.2) is 0 Å². The van der Waals surface area contributed by atoms with Crippen molar-refractivity contribution >= 4 is 35.1 Å². The lowest BCUT2D eigenvalue weighted by molar-refractivity contribution is -0.113. The molecule has 1 aromatic heterocycles. The van der Waals surface area contributed by atoms with Gasteiger partial charge >= 0.3 is 0 Å². The molecular weight excluding hydrogens is 346 g/mol. The van der Waals surface area contributed by atoms with E-state index < -0.39 is 0 Å². The van der Waals surface area contributed by atoms with Gasteiger partial charge in [0.05, 0.1) is 18.0 Å². The molecule has 0 bridgehead atoms. The van der Waals surface area contributed by atoms with E-state index in [0.717, 1.165) is 22.9 Å². The summed E-state index contributed by atoms with van der Waals surface area (Å²) in [6.45, 7) is 0.827. The van der Waals surface area contributed by atoms with Crippen molar-refractivity contribution in [1.82, 2.24) is 20.6 Å². The van der Waals surface area contributed by atoms with Crippen LogP contribution < -0.4 is 16.2 Å². The van der Waals surface area contributed by atoms with E-state index in [1.165, 1.54) is 5.56 Å². The predicted octanol–water partition coefficient (Wildman–Crippen LogP) is 2.27. The molecule has 24 heavy (non-hydrogen) atoms. The van der Waals surface area contributed by atoms with Crippen LogP contribution >= 0.6 is 23.4 Å². The highest BCUT2D eigenvalue weighted by atomic mass is 35.5. The summed E-state index contributed by atoms with van der Waals surface area (Å²) in [7, 11) is 1.86. The number of rotatable bonds is 2. The molecule has 8 heteroatoms. The number of aromatic nitrogens is 2. The normalized spacial score (nSPS) is 26.8. The minimum Gasteiger partial charge on any atom is -0.310 e. The summed E-state index contributed by atoms with van der Waals surface area (Å²) in [5, 5.41) is 8.21. The molecule has 0 spiro atoms. The third kappa shape index (κ3) is 2.82. The Hall–Kier alpha value is -1.54. The first-order valence-electron chi connectivity index (χ1n) is 7.80. The Balaban J connectivity index is 1.69. The molecule has 0 saturated carbocycles. The Kier molecular flexibility index (Phi) is 4.26. The molecule has 1 saturated heterocycles. The fourth-order valence-electron chi connectivity index (χ4n) is 3.39. The Bertz CT molecular complexity index is 762. The first-order chi connectivity index (χ1) is 11.6. The maximum absolute atomic E-state index is 12.0. The number of carbonyl (C=O) groups excluding carboxylic acids is 1. The first kappa shape index (κ1) is 16.0. The fraction of sp³-hybridized carbons (Fsp3) is 0.375. The van der Waals surface area contributed by atoms with E-state index in [9.17, 15) is 4.79 Å². The van der Waals surface area contributed by atoms with Gasteiger partial charge in [0, 0.05) is 35.3 Å². The summed E-state index contributed by atoms with van der Waals surface area (Å²) in [4.78, 5) is 12.0. The van der Waals surface area contributed by atoms with E-state index in [-0.39, 0.29) is 17.2 Å². The number of nitrogens with zero attached hydrogens (tertiary/aromatic N) is 2. The maximum Gasteiger partial charge on any atom is 0.235 e. The van der Waals surface area contributed by atoms with Crippen molar-refractivity contribution in [2.24, 2.45) is 13.0 Å². The van der Waals surface area contributed by atoms with Crippen molar-refractivity contribution in [3.8, 4) is 0 Å². The van der Waals surface area contributed by atoms with E-state index >= 15 is 0 Å². The number of amides is 1. The molecule has 0 aliphatic carbocycles. The quantitative estimate of drug-likeness (QED) is 0.763. The number of fused-ring (bicyclic) bond motifs is 1. The van der Waals surface area contributed by atoms with Gasteiger partial charge in [-0.25, -0.2) is 5.43 Å². The van der Waals surface area contributed by atoms with Gasteiger partial charge < -0.3 is 5.32 Å². The SMILES string of the molecule is Cn1ncc2c1NC(=O)CSC2C1CNNC1c1ccc(Cl)cc1. The van der Waals surface area contributed by atoms with Crippen LogP contribution in [0.2, 0.25) is 5.02 Å². The molecular formula is C16H18ClN5OS. The van der Waals surface area contributed by atoms with E-state index in [2.05, 4.69) is 33.4 Å². The van der Waals surface area contributed by atoms with Crippen molar-refractivity contribution in [2.75, 3.05) is 17.6 Å². The third-order valence-electron chi connectivity index (χ3n) is 4.57. The van der Waals surface area contributed by atoms with Gasteiger partial charge in [0.25, 0.3) is 0 Å². The number of hydrogen-bond donors (Lipinski definition) is 3. The second kappa shape index (κ2) is 6.40. The van der Waals surface area contributed by atoms with Crippen molar-refractivity contribution in [2.45, 2.75) is 11.3 Å². The van der Waals surface area contributed by atoms with E-state index in [4.69, 9.17) is 11.6 Å². The fourth-order valence-corrected chi connectivity index (χ4v) is 4.77. The minimum absolute atomic E-state index is 0.0225. The molecule has 1 amide bonds. The number of anilines is 1. The monoisotopic (exact) mass is 363 g/mol. The highest BCUT2D eigenvalue weighted by Crippen LogP contribution is 2.46. The van der Waals surface area contributed by atoms with Crippen LogP contribution in [-0.2, 0) is 11.8 Å². The highest BCUT2D eigenvalue weighted by molar-refractivity contribution is 8.00. The Morgan fingerprint density at radius 3 is 2.92 bits per heavy atom. The van der Waals surface area contributed by atoms with Crippen LogP contribution in [0.3, 0.4) is 0 Å². The van der Waals surface area contributed by atoms with Crippen LogP contribution in [0.4, 0.5) is 5.82 Å². The average Bonchev–Trinajstić information content (AvgIpc) is 3.14. The second-order valence-corrected chi connectivity index (χ2v) is 7.64. The predicted molar refractivity (Wildman–Crippen MR) is 95.9 cm³/mol. The summed E-state index contributed by atoms with van der Waals surface area (Å²) in [6, 6.07) is 8.08. The number of hydrazine groups is 1. The molecule has 3 atom stereocenters. The maximum atomic E-state index is 12.0. The third-order valence-corrected chi connectivity index (χ3v) is 6.21. The summed E-state index contributed by atoms with van der Waals surface area (Å²) in [5.74, 6) is 1.57. The molecule has 2 aliphatic rings. The average molecular weight is 364 g/mol. The summed E-state index contributed by atoms with van der Waals surface area (Å²) >= 11 is 7.69. The Morgan fingerprint density at radius 2 is 2.12 bits per heavy atom. The molecule has 2 aliphatic heterocycles. The summed E-state index contributed by atoms with van der Waals surface area (Å²) in [6.07, 6.45) is 1.87. The molecule has 0 radical (unpaired) electrons. The van der Waals surface area contributed by atoms with Crippen molar-refractivity contribution < 1.29 is 4.79 Å². The number of hydrogen-bond acceptors (Lipinski definition) is 5. The molecule has 126 valence electrons. The van der Waals surface area contributed by atoms with Crippen LogP contribution in [0.15, 0.2) is 30.5 Å².